The lowest BCUT2D eigenvalue weighted by Gasteiger charge is -1.94. The van der Waals surface area contributed by atoms with Crippen molar-refractivity contribution >= 4 is 0 Å². The summed E-state index contributed by atoms with van der Waals surface area (Å²) >= 11 is 0. The van der Waals surface area contributed by atoms with E-state index in [-0.39, 0.29) is 0 Å². The van der Waals surface area contributed by atoms with Crippen LogP contribution >= 0.6 is 0 Å². The largest absolute Gasteiger partial charge is 0.339 e. The first kappa shape index (κ1) is 8.94. The summed E-state index contributed by atoms with van der Waals surface area (Å²) in [6, 6.07) is 8.07. The maximum atomic E-state index is 5.05. The Hall–Kier alpha value is -1.64. The summed E-state index contributed by atoms with van der Waals surface area (Å²) < 4.78 is 5.05. The van der Waals surface area contributed by atoms with Crippen LogP contribution in [-0.4, -0.2) is 10.1 Å². The van der Waals surface area contributed by atoms with Gasteiger partial charge in [0.25, 0.3) is 0 Å². The summed E-state index contributed by atoms with van der Waals surface area (Å²) in [5.74, 6) is 1.35. The Morgan fingerprint density at radius 2 is 2.21 bits per heavy atom. The zero-order valence-corrected chi connectivity index (χ0v) is 8.32. The fourth-order valence-corrected chi connectivity index (χ4v) is 1.30. The summed E-state index contributed by atoms with van der Waals surface area (Å²) in [5.41, 5.74) is 2.21. The van der Waals surface area contributed by atoms with Crippen molar-refractivity contribution in [3.8, 4) is 11.4 Å². The van der Waals surface area contributed by atoms with E-state index in [0.717, 1.165) is 12.0 Å². The number of hydrogen-bond donors (Lipinski definition) is 0. The molecule has 1 aromatic carbocycles. The molecule has 1 heterocycles. The Labute approximate surface area is 82.8 Å². The van der Waals surface area contributed by atoms with Gasteiger partial charge in [-0.25, -0.2) is 0 Å². The second kappa shape index (κ2) is 3.62. The van der Waals surface area contributed by atoms with Crippen LogP contribution < -0.4 is 0 Å². The van der Waals surface area contributed by atoms with Crippen LogP contribution in [0.15, 0.2) is 28.8 Å². The minimum atomic E-state index is 0.672. The van der Waals surface area contributed by atoms with E-state index in [1.807, 2.05) is 38.1 Å². The molecule has 0 bridgehead atoms. The molecule has 0 aliphatic heterocycles. The quantitative estimate of drug-likeness (QED) is 0.727. The molecule has 1 aromatic heterocycles. The second-order valence-corrected chi connectivity index (χ2v) is 3.23. The maximum absolute atomic E-state index is 5.05. The number of rotatable bonds is 2. The zero-order valence-electron chi connectivity index (χ0n) is 8.32. The van der Waals surface area contributed by atoms with E-state index in [0.29, 0.717) is 11.7 Å². The molecule has 72 valence electrons. The smallest absolute Gasteiger partial charge is 0.226 e. The van der Waals surface area contributed by atoms with E-state index in [1.54, 1.807) is 0 Å². The maximum Gasteiger partial charge on any atom is 0.226 e. The molecule has 0 saturated heterocycles. The summed E-state index contributed by atoms with van der Waals surface area (Å²) in [6.45, 7) is 4.04. The first-order valence-corrected chi connectivity index (χ1v) is 4.69. The van der Waals surface area contributed by atoms with Crippen molar-refractivity contribution in [1.29, 1.82) is 0 Å². The highest BCUT2D eigenvalue weighted by molar-refractivity contribution is 5.55. The van der Waals surface area contributed by atoms with Crippen molar-refractivity contribution in [3.05, 3.63) is 35.7 Å². The third kappa shape index (κ3) is 1.66. The van der Waals surface area contributed by atoms with Gasteiger partial charge in [-0.15, -0.1) is 0 Å². The third-order valence-corrected chi connectivity index (χ3v) is 2.05. The van der Waals surface area contributed by atoms with E-state index in [4.69, 9.17) is 4.52 Å². The van der Waals surface area contributed by atoms with E-state index >= 15 is 0 Å². The molecule has 0 saturated carbocycles. The number of hydrogen-bond acceptors (Lipinski definition) is 3. The summed E-state index contributed by atoms with van der Waals surface area (Å²) in [4.78, 5) is 4.26. The monoisotopic (exact) mass is 188 g/mol. The van der Waals surface area contributed by atoms with E-state index in [9.17, 15) is 0 Å². The Bertz CT molecular complexity index is 434. The van der Waals surface area contributed by atoms with Crippen LogP contribution in [0.4, 0.5) is 0 Å². The molecule has 0 aliphatic rings. The van der Waals surface area contributed by atoms with Crippen molar-refractivity contribution in [1.82, 2.24) is 10.1 Å². The lowest BCUT2D eigenvalue weighted by molar-refractivity contribution is 0.383. The van der Waals surface area contributed by atoms with Crippen LogP contribution in [0.3, 0.4) is 0 Å². The van der Waals surface area contributed by atoms with Gasteiger partial charge in [-0.1, -0.05) is 35.8 Å². The molecule has 3 heteroatoms. The Balaban J connectivity index is 2.39. The molecule has 0 N–H and O–H groups in total. The molecule has 3 nitrogen and oxygen atoms in total. The molecule has 0 unspecified atom stereocenters. The topological polar surface area (TPSA) is 38.9 Å². The molecule has 0 atom stereocenters. The van der Waals surface area contributed by atoms with Gasteiger partial charge in [-0.3, -0.25) is 0 Å². The van der Waals surface area contributed by atoms with E-state index in [1.165, 1.54) is 5.56 Å². The first-order valence-electron chi connectivity index (χ1n) is 4.69. The SMILES string of the molecule is CCc1nc(-c2cccc(C)c2)no1. The van der Waals surface area contributed by atoms with Gasteiger partial charge in [0.1, 0.15) is 0 Å². The average molecular weight is 188 g/mol. The highest BCUT2D eigenvalue weighted by Gasteiger charge is 2.06. The van der Waals surface area contributed by atoms with Crippen LogP contribution in [0.25, 0.3) is 11.4 Å². The molecule has 0 amide bonds. The molecule has 0 radical (unpaired) electrons. The molecule has 14 heavy (non-hydrogen) atoms. The molecule has 2 aromatic rings. The number of nitrogens with zero attached hydrogens (tertiary/aromatic N) is 2. The number of aryl methyl sites for hydroxylation is 2. The van der Waals surface area contributed by atoms with Crippen LogP contribution in [-0.2, 0) is 6.42 Å². The van der Waals surface area contributed by atoms with Crippen molar-refractivity contribution in [2.24, 2.45) is 0 Å². The number of aromatic nitrogens is 2. The lowest BCUT2D eigenvalue weighted by atomic mass is 10.1. The Morgan fingerprint density at radius 1 is 1.36 bits per heavy atom. The van der Waals surface area contributed by atoms with Crippen LogP contribution in [0.1, 0.15) is 18.4 Å². The molecular weight excluding hydrogens is 176 g/mol. The second-order valence-electron chi connectivity index (χ2n) is 3.23. The Kier molecular flexibility index (Phi) is 2.31. The van der Waals surface area contributed by atoms with Gasteiger partial charge in [-0.2, -0.15) is 4.98 Å². The highest BCUT2D eigenvalue weighted by Crippen LogP contribution is 2.16. The minimum absolute atomic E-state index is 0.672. The fraction of sp³-hybridized carbons (Fsp3) is 0.273. The zero-order chi connectivity index (χ0) is 9.97. The van der Waals surface area contributed by atoms with Crippen molar-refractivity contribution < 1.29 is 4.52 Å². The third-order valence-electron chi connectivity index (χ3n) is 2.05. The molecule has 2 rings (SSSR count). The van der Waals surface area contributed by atoms with E-state index in [2.05, 4.69) is 10.1 Å². The molecular formula is C11H12N2O. The van der Waals surface area contributed by atoms with Gasteiger partial charge in [0.15, 0.2) is 0 Å². The van der Waals surface area contributed by atoms with Crippen LogP contribution in [0.5, 0.6) is 0 Å². The Morgan fingerprint density at radius 3 is 2.86 bits per heavy atom. The summed E-state index contributed by atoms with van der Waals surface area (Å²) in [5, 5.41) is 3.91. The van der Waals surface area contributed by atoms with Gasteiger partial charge in [0.2, 0.25) is 11.7 Å². The van der Waals surface area contributed by atoms with Crippen molar-refractivity contribution in [2.45, 2.75) is 20.3 Å². The highest BCUT2D eigenvalue weighted by atomic mass is 16.5. The van der Waals surface area contributed by atoms with Gasteiger partial charge in [-0.05, 0) is 13.0 Å². The van der Waals surface area contributed by atoms with Gasteiger partial charge in [0.05, 0.1) is 0 Å². The fourth-order valence-electron chi connectivity index (χ4n) is 1.30. The predicted molar refractivity (Wildman–Crippen MR) is 53.8 cm³/mol. The van der Waals surface area contributed by atoms with Crippen molar-refractivity contribution in [2.75, 3.05) is 0 Å². The first-order chi connectivity index (χ1) is 6.79. The lowest BCUT2D eigenvalue weighted by Crippen LogP contribution is -1.82. The molecule has 0 fully saturated rings. The number of benzene rings is 1. The van der Waals surface area contributed by atoms with Gasteiger partial charge < -0.3 is 4.52 Å². The summed E-state index contributed by atoms with van der Waals surface area (Å²) in [7, 11) is 0. The van der Waals surface area contributed by atoms with Crippen LogP contribution in [0.2, 0.25) is 0 Å². The summed E-state index contributed by atoms with van der Waals surface area (Å²) in [6.07, 6.45) is 0.777. The molecule has 0 aliphatic carbocycles. The predicted octanol–water partition coefficient (Wildman–Crippen LogP) is 2.61. The standard InChI is InChI=1S/C11H12N2O/c1-3-10-12-11(13-14-10)9-6-4-5-8(2)7-9/h4-7H,3H2,1-2H3. The normalized spacial score (nSPS) is 10.4. The van der Waals surface area contributed by atoms with Gasteiger partial charge in [0, 0.05) is 12.0 Å². The van der Waals surface area contributed by atoms with Crippen LogP contribution in [0, 0.1) is 6.92 Å². The molecule has 0 spiro atoms. The van der Waals surface area contributed by atoms with Crippen molar-refractivity contribution in [3.63, 3.8) is 0 Å². The van der Waals surface area contributed by atoms with E-state index < -0.39 is 0 Å². The minimum Gasteiger partial charge on any atom is -0.339 e. The average Bonchev–Trinajstić information content (AvgIpc) is 2.66. The van der Waals surface area contributed by atoms with Gasteiger partial charge >= 0.3 is 0 Å².